The van der Waals surface area contributed by atoms with E-state index in [1.54, 1.807) is 0 Å². The van der Waals surface area contributed by atoms with Crippen molar-refractivity contribution in [2.24, 2.45) is 0 Å². The smallest absolute Gasteiger partial charge is 0.239 e. The van der Waals surface area contributed by atoms with Gasteiger partial charge in [0.2, 0.25) is 5.91 Å². The molecule has 0 aromatic heterocycles. The standard InChI is InChI=1S/C16H23ClN2O/c17-13-8-10-14(11-9-13)18-12-16(20)19-15-6-4-2-1-3-5-7-15/h8-11,15,18H,1-7,12H2,(H,19,20). The van der Waals surface area contributed by atoms with Crippen molar-refractivity contribution in [3.8, 4) is 0 Å². The van der Waals surface area contributed by atoms with Crippen molar-refractivity contribution in [1.29, 1.82) is 0 Å². The highest BCUT2D eigenvalue weighted by molar-refractivity contribution is 6.30. The Bertz CT molecular complexity index is 411. The molecular weight excluding hydrogens is 272 g/mol. The van der Waals surface area contributed by atoms with Gasteiger partial charge in [0.15, 0.2) is 0 Å². The van der Waals surface area contributed by atoms with Crippen LogP contribution in [0, 0.1) is 0 Å². The lowest BCUT2D eigenvalue weighted by atomic mass is 9.97. The lowest BCUT2D eigenvalue weighted by Crippen LogP contribution is -2.38. The van der Waals surface area contributed by atoms with Crippen molar-refractivity contribution in [2.75, 3.05) is 11.9 Å². The van der Waals surface area contributed by atoms with Crippen molar-refractivity contribution in [3.05, 3.63) is 29.3 Å². The van der Waals surface area contributed by atoms with Crippen molar-refractivity contribution in [2.45, 2.75) is 51.0 Å². The summed E-state index contributed by atoms with van der Waals surface area (Å²) in [5, 5.41) is 6.96. The molecule has 0 radical (unpaired) electrons. The van der Waals surface area contributed by atoms with Gasteiger partial charge < -0.3 is 10.6 Å². The van der Waals surface area contributed by atoms with E-state index < -0.39 is 0 Å². The second-order valence-electron chi connectivity index (χ2n) is 5.47. The van der Waals surface area contributed by atoms with Crippen molar-refractivity contribution < 1.29 is 4.79 Å². The van der Waals surface area contributed by atoms with Crippen LogP contribution in [0.3, 0.4) is 0 Å². The van der Waals surface area contributed by atoms with Crippen LogP contribution >= 0.6 is 11.6 Å². The number of hydrogen-bond donors (Lipinski definition) is 2. The molecule has 1 aromatic rings. The van der Waals surface area contributed by atoms with Crippen LogP contribution in [-0.4, -0.2) is 18.5 Å². The summed E-state index contributed by atoms with van der Waals surface area (Å²) in [6, 6.07) is 7.75. The number of hydrogen-bond acceptors (Lipinski definition) is 2. The highest BCUT2D eigenvalue weighted by Gasteiger charge is 2.13. The Morgan fingerprint density at radius 2 is 1.65 bits per heavy atom. The third-order valence-corrected chi connectivity index (χ3v) is 4.02. The average Bonchev–Trinajstić information content (AvgIpc) is 2.41. The third kappa shape index (κ3) is 5.41. The molecule has 0 spiro atoms. The first-order valence-corrected chi connectivity index (χ1v) is 7.90. The normalized spacial score (nSPS) is 17.1. The molecule has 4 heteroatoms. The first-order chi connectivity index (χ1) is 9.74. The van der Waals surface area contributed by atoms with Crippen LogP contribution < -0.4 is 10.6 Å². The van der Waals surface area contributed by atoms with Gasteiger partial charge in [0.25, 0.3) is 0 Å². The number of amides is 1. The first kappa shape index (κ1) is 15.2. The van der Waals surface area contributed by atoms with Gasteiger partial charge in [-0.15, -0.1) is 0 Å². The van der Waals surface area contributed by atoms with Gasteiger partial charge in [0.05, 0.1) is 6.54 Å². The number of halogens is 1. The van der Waals surface area contributed by atoms with Gasteiger partial charge in [-0.1, -0.05) is 43.7 Å². The topological polar surface area (TPSA) is 41.1 Å². The second kappa shape index (κ2) is 8.15. The maximum Gasteiger partial charge on any atom is 0.239 e. The fourth-order valence-electron chi connectivity index (χ4n) is 2.63. The van der Waals surface area contributed by atoms with Gasteiger partial charge in [0.1, 0.15) is 0 Å². The highest BCUT2D eigenvalue weighted by atomic mass is 35.5. The number of anilines is 1. The van der Waals surface area contributed by atoms with E-state index in [4.69, 9.17) is 11.6 Å². The molecule has 0 bridgehead atoms. The molecule has 1 amide bonds. The number of benzene rings is 1. The van der Waals surface area contributed by atoms with E-state index in [2.05, 4.69) is 10.6 Å². The first-order valence-electron chi connectivity index (χ1n) is 7.53. The molecule has 110 valence electrons. The molecular formula is C16H23ClN2O. The number of rotatable bonds is 4. The van der Waals surface area contributed by atoms with E-state index in [1.807, 2.05) is 24.3 Å². The van der Waals surface area contributed by atoms with Gasteiger partial charge in [-0.05, 0) is 37.1 Å². The summed E-state index contributed by atoms with van der Waals surface area (Å²) in [5.74, 6) is 0.0746. The molecule has 0 unspecified atom stereocenters. The zero-order chi connectivity index (χ0) is 14.2. The fourth-order valence-corrected chi connectivity index (χ4v) is 2.76. The Balaban J connectivity index is 1.72. The SMILES string of the molecule is O=C(CNc1ccc(Cl)cc1)NC1CCCCCCC1. The Morgan fingerprint density at radius 3 is 2.30 bits per heavy atom. The van der Waals surface area contributed by atoms with Gasteiger partial charge in [-0.2, -0.15) is 0 Å². The van der Waals surface area contributed by atoms with Gasteiger partial charge in [0, 0.05) is 16.8 Å². The summed E-state index contributed by atoms with van der Waals surface area (Å²) < 4.78 is 0. The lowest BCUT2D eigenvalue weighted by Gasteiger charge is -2.21. The highest BCUT2D eigenvalue weighted by Crippen LogP contribution is 2.17. The van der Waals surface area contributed by atoms with Gasteiger partial charge in [-0.3, -0.25) is 4.79 Å². The quantitative estimate of drug-likeness (QED) is 0.882. The fraction of sp³-hybridized carbons (Fsp3) is 0.562. The van der Waals surface area contributed by atoms with Crippen molar-refractivity contribution in [3.63, 3.8) is 0 Å². The Hall–Kier alpha value is -1.22. The maximum atomic E-state index is 12.0. The predicted molar refractivity (Wildman–Crippen MR) is 84.2 cm³/mol. The molecule has 0 aliphatic heterocycles. The Morgan fingerprint density at radius 1 is 1.05 bits per heavy atom. The van der Waals surface area contributed by atoms with Crippen LogP contribution in [-0.2, 0) is 4.79 Å². The molecule has 1 aliphatic rings. The Labute approximate surface area is 126 Å². The van der Waals surface area contributed by atoms with E-state index in [0.29, 0.717) is 17.6 Å². The average molecular weight is 295 g/mol. The summed E-state index contributed by atoms with van der Waals surface area (Å²) >= 11 is 5.82. The molecule has 1 fully saturated rings. The molecule has 2 rings (SSSR count). The van der Waals surface area contributed by atoms with Crippen LogP contribution in [0.5, 0.6) is 0 Å². The molecule has 1 saturated carbocycles. The van der Waals surface area contributed by atoms with E-state index >= 15 is 0 Å². The number of carbonyl (C=O) groups excluding carboxylic acids is 1. The number of carbonyl (C=O) groups is 1. The summed E-state index contributed by atoms with van der Waals surface area (Å²) in [7, 11) is 0. The van der Waals surface area contributed by atoms with E-state index in [9.17, 15) is 4.79 Å². The van der Waals surface area contributed by atoms with E-state index in [1.165, 1.54) is 32.1 Å². The molecule has 0 saturated heterocycles. The van der Waals surface area contributed by atoms with Crippen LogP contribution in [0.15, 0.2) is 24.3 Å². The van der Waals surface area contributed by atoms with Crippen molar-refractivity contribution in [1.82, 2.24) is 5.32 Å². The third-order valence-electron chi connectivity index (χ3n) is 3.77. The molecule has 1 aromatic carbocycles. The minimum Gasteiger partial charge on any atom is -0.376 e. The zero-order valence-electron chi connectivity index (χ0n) is 11.8. The molecule has 20 heavy (non-hydrogen) atoms. The van der Waals surface area contributed by atoms with Crippen LogP contribution in [0.4, 0.5) is 5.69 Å². The summed E-state index contributed by atoms with van der Waals surface area (Å²) in [5.41, 5.74) is 0.919. The van der Waals surface area contributed by atoms with E-state index in [-0.39, 0.29) is 5.91 Å². The lowest BCUT2D eigenvalue weighted by molar-refractivity contribution is -0.120. The van der Waals surface area contributed by atoms with E-state index in [0.717, 1.165) is 18.5 Å². The molecule has 0 heterocycles. The van der Waals surface area contributed by atoms with Crippen LogP contribution in [0.2, 0.25) is 5.02 Å². The minimum absolute atomic E-state index is 0.0746. The van der Waals surface area contributed by atoms with Crippen molar-refractivity contribution >= 4 is 23.2 Å². The summed E-state index contributed by atoms with van der Waals surface area (Å²) in [4.78, 5) is 12.0. The van der Waals surface area contributed by atoms with Crippen LogP contribution in [0.25, 0.3) is 0 Å². The minimum atomic E-state index is 0.0746. The van der Waals surface area contributed by atoms with Gasteiger partial charge >= 0.3 is 0 Å². The number of nitrogens with one attached hydrogen (secondary N) is 2. The molecule has 3 nitrogen and oxygen atoms in total. The zero-order valence-corrected chi connectivity index (χ0v) is 12.6. The largest absolute Gasteiger partial charge is 0.376 e. The summed E-state index contributed by atoms with van der Waals surface area (Å²) in [6.45, 7) is 0.318. The monoisotopic (exact) mass is 294 g/mol. The maximum absolute atomic E-state index is 12.0. The van der Waals surface area contributed by atoms with Crippen LogP contribution in [0.1, 0.15) is 44.9 Å². The summed E-state index contributed by atoms with van der Waals surface area (Å²) in [6.07, 6.45) is 8.65. The Kier molecular flexibility index (Phi) is 6.19. The van der Waals surface area contributed by atoms with Gasteiger partial charge in [-0.25, -0.2) is 0 Å². The molecule has 1 aliphatic carbocycles. The molecule has 0 atom stereocenters. The molecule has 2 N–H and O–H groups in total. The predicted octanol–water partition coefficient (Wildman–Crippen LogP) is 3.98. The second-order valence-corrected chi connectivity index (χ2v) is 5.91.